The molecule has 0 N–H and O–H groups in total. The SMILES string of the molecule is Cc1cc(/C=C2\SC(=O)N(Cc3ccc(Cl)cc3)C2=O)c(C)n1-c1ccc(N2CCCC2)c([N+](=O)[O-])c1. The van der Waals surface area contributed by atoms with Crippen LogP contribution in [0.5, 0.6) is 0 Å². The number of thioether (sulfide) groups is 1. The van der Waals surface area contributed by atoms with Gasteiger partial charge in [0.1, 0.15) is 5.69 Å². The minimum absolute atomic E-state index is 0.0803. The smallest absolute Gasteiger partial charge is 0.294 e. The number of nitrogens with zero attached hydrogens (tertiary/aromatic N) is 4. The number of amides is 2. The second kappa shape index (κ2) is 10.1. The van der Waals surface area contributed by atoms with E-state index < -0.39 is 0 Å². The number of halogens is 1. The Bertz CT molecular complexity index is 1440. The Morgan fingerprint density at radius 3 is 2.43 bits per heavy atom. The first-order chi connectivity index (χ1) is 17.7. The number of carbonyl (C=O) groups excluding carboxylic acids is 2. The molecule has 0 radical (unpaired) electrons. The summed E-state index contributed by atoms with van der Waals surface area (Å²) in [4.78, 5) is 40.8. The van der Waals surface area contributed by atoms with E-state index in [0.717, 1.165) is 60.2 Å². The Balaban J connectivity index is 1.44. The van der Waals surface area contributed by atoms with Gasteiger partial charge in [-0.15, -0.1) is 0 Å². The van der Waals surface area contributed by atoms with Gasteiger partial charge in [-0.25, -0.2) is 0 Å². The Hall–Kier alpha value is -3.56. The third-order valence-corrected chi connectivity index (χ3v) is 7.90. The fourth-order valence-electron chi connectivity index (χ4n) is 4.90. The van der Waals surface area contributed by atoms with Crippen LogP contribution in [0.25, 0.3) is 11.8 Å². The van der Waals surface area contributed by atoms with Gasteiger partial charge in [-0.05, 0) is 86.0 Å². The minimum Gasteiger partial charge on any atom is -0.366 e. The van der Waals surface area contributed by atoms with E-state index in [1.54, 1.807) is 36.4 Å². The molecule has 2 aliphatic heterocycles. The standard InChI is InChI=1S/C27H25ClN4O4S/c1-17-13-20(14-25-26(33)30(27(34)37-25)16-19-5-7-21(28)8-6-19)18(2)31(17)22-9-10-23(24(15-22)32(35)36)29-11-3-4-12-29/h5-10,13-15H,3-4,11-12,16H2,1-2H3/b25-14-. The van der Waals surface area contributed by atoms with E-state index in [1.807, 2.05) is 36.6 Å². The van der Waals surface area contributed by atoms with Crippen molar-refractivity contribution in [3.05, 3.63) is 91.1 Å². The van der Waals surface area contributed by atoms with Crippen molar-refractivity contribution in [1.82, 2.24) is 9.47 Å². The van der Waals surface area contributed by atoms with E-state index in [-0.39, 0.29) is 28.3 Å². The highest BCUT2D eigenvalue weighted by atomic mass is 35.5. The summed E-state index contributed by atoms with van der Waals surface area (Å²) in [6.45, 7) is 5.62. The normalized spacial score (nSPS) is 16.9. The summed E-state index contributed by atoms with van der Waals surface area (Å²) in [7, 11) is 0. The average molecular weight is 537 g/mol. The maximum atomic E-state index is 13.1. The summed E-state index contributed by atoms with van der Waals surface area (Å²) in [5.41, 5.74) is 4.68. The van der Waals surface area contributed by atoms with Gasteiger partial charge in [0.2, 0.25) is 0 Å². The van der Waals surface area contributed by atoms with Crippen molar-refractivity contribution in [2.75, 3.05) is 18.0 Å². The van der Waals surface area contributed by atoms with Crippen LogP contribution in [0.1, 0.15) is 35.4 Å². The highest BCUT2D eigenvalue weighted by Crippen LogP contribution is 2.36. The maximum Gasteiger partial charge on any atom is 0.294 e. The molecule has 2 amide bonds. The monoisotopic (exact) mass is 536 g/mol. The number of imide groups is 1. The Morgan fingerprint density at radius 2 is 1.76 bits per heavy atom. The molecular weight excluding hydrogens is 512 g/mol. The second-order valence-electron chi connectivity index (χ2n) is 9.18. The molecule has 2 aromatic carbocycles. The summed E-state index contributed by atoms with van der Waals surface area (Å²) in [6.07, 6.45) is 3.78. The topological polar surface area (TPSA) is 88.7 Å². The van der Waals surface area contributed by atoms with Gasteiger partial charge >= 0.3 is 0 Å². The maximum absolute atomic E-state index is 13.1. The van der Waals surface area contributed by atoms with E-state index in [2.05, 4.69) is 4.90 Å². The number of anilines is 1. The van der Waals surface area contributed by atoms with Gasteiger partial charge in [0.15, 0.2) is 0 Å². The fraction of sp³-hybridized carbons (Fsp3) is 0.259. The van der Waals surface area contributed by atoms with Crippen LogP contribution in [0.15, 0.2) is 53.4 Å². The number of rotatable bonds is 6. The minimum atomic E-state index is -0.347. The highest BCUT2D eigenvalue weighted by Gasteiger charge is 2.35. The van der Waals surface area contributed by atoms with Gasteiger partial charge in [0.05, 0.1) is 22.1 Å². The molecule has 2 saturated heterocycles. The summed E-state index contributed by atoms with van der Waals surface area (Å²) in [5, 5.41) is 12.2. The zero-order valence-electron chi connectivity index (χ0n) is 20.4. The summed E-state index contributed by atoms with van der Waals surface area (Å²) >= 11 is 6.85. The van der Waals surface area contributed by atoms with Crippen LogP contribution in [-0.4, -0.2) is 38.6 Å². The van der Waals surface area contributed by atoms with Crippen LogP contribution < -0.4 is 4.90 Å². The predicted octanol–water partition coefficient (Wildman–Crippen LogP) is 6.49. The molecule has 0 aliphatic carbocycles. The number of hydrogen-bond donors (Lipinski definition) is 0. The highest BCUT2D eigenvalue weighted by molar-refractivity contribution is 8.18. The molecular formula is C27H25ClN4O4S. The van der Waals surface area contributed by atoms with E-state index in [1.165, 1.54) is 4.90 Å². The Labute approximate surface area is 223 Å². The number of aromatic nitrogens is 1. The van der Waals surface area contributed by atoms with Gasteiger partial charge in [0.25, 0.3) is 16.8 Å². The lowest BCUT2D eigenvalue weighted by molar-refractivity contribution is -0.384. The number of benzene rings is 2. The molecule has 0 bridgehead atoms. The van der Waals surface area contributed by atoms with Crippen LogP contribution >= 0.6 is 23.4 Å². The average Bonchev–Trinajstić information content (AvgIpc) is 3.56. The van der Waals surface area contributed by atoms with Gasteiger partial charge in [-0.1, -0.05) is 23.7 Å². The van der Waals surface area contributed by atoms with Crippen molar-refractivity contribution in [3.8, 4) is 5.69 Å². The number of aryl methyl sites for hydroxylation is 1. The van der Waals surface area contributed by atoms with Gasteiger partial charge < -0.3 is 9.47 Å². The lowest BCUT2D eigenvalue weighted by Crippen LogP contribution is -2.27. The first-order valence-electron chi connectivity index (χ1n) is 12.0. The lowest BCUT2D eigenvalue weighted by atomic mass is 10.2. The molecule has 8 nitrogen and oxygen atoms in total. The van der Waals surface area contributed by atoms with Crippen molar-refractivity contribution in [1.29, 1.82) is 0 Å². The molecule has 3 heterocycles. The molecule has 0 unspecified atom stereocenters. The van der Waals surface area contributed by atoms with Crippen LogP contribution in [0.2, 0.25) is 5.02 Å². The number of hydrogen-bond acceptors (Lipinski definition) is 6. The number of nitro benzene ring substituents is 1. The van der Waals surface area contributed by atoms with Crippen molar-refractivity contribution < 1.29 is 14.5 Å². The molecule has 0 spiro atoms. The van der Waals surface area contributed by atoms with E-state index >= 15 is 0 Å². The molecule has 37 heavy (non-hydrogen) atoms. The lowest BCUT2D eigenvalue weighted by Gasteiger charge is -2.19. The largest absolute Gasteiger partial charge is 0.366 e. The third-order valence-electron chi connectivity index (χ3n) is 6.75. The third kappa shape index (κ3) is 4.89. The van der Waals surface area contributed by atoms with E-state index in [4.69, 9.17) is 11.6 Å². The van der Waals surface area contributed by atoms with Crippen LogP contribution in [0, 0.1) is 24.0 Å². The molecule has 2 fully saturated rings. The van der Waals surface area contributed by atoms with E-state index in [0.29, 0.717) is 21.3 Å². The quantitative estimate of drug-likeness (QED) is 0.203. The molecule has 10 heteroatoms. The fourth-order valence-corrected chi connectivity index (χ4v) is 5.86. The number of nitro groups is 1. The van der Waals surface area contributed by atoms with Gasteiger partial charge in [-0.2, -0.15) is 0 Å². The predicted molar refractivity (Wildman–Crippen MR) is 146 cm³/mol. The van der Waals surface area contributed by atoms with Crippen LogP contribution in [0.3, 0.4) is 0 Å². The first-order valence-corrected chi connectivity index (χ1v) is 13.1. The summed E-state index contributed by atoms with van der Waals surface area (Å²) < 4.78 is 1.94. The molecule has 3 aromatic rings. The van der Waals surface area contributed by atoms with Crippen molar-refractivity contribution in [3.63, 3.8) is 0 Å². The van der Waals surface area contributed by atoms with E-state index in [9.17, 15) is 19.7 Å². The van der Waals surface area contributed by atoms with Crippen molar-refractivity contribution >= 4 is 52.0 Å². The number of carbonyl (C=O) groups is 2. The Morgan fingerprint density at radius 1 is 1.05 bits per heavy atom. The first kappa shape index (κ1) is 25.1. The molecule has 0 saturated carbocycles. The second-order valence-corrected chi connectivity index (χ2v) is 10.6. The molecule has 0 atom stereocenters. The molecule has 190 valence electrons. The molecule has 2 aliphatic rings. The zero-order chi connectivity index (χ0) is 26.3. The molecule has 1 aromatic heterocycles. The van der Waals surface area contributed by atoms with Gasteiger partial charge in [0, 0.05) is 35.6 Å². The van der Waals surface area contributed by atoms with Gasteiger partial charge in [-0.3, -0.25) is 24.6 Å². The summed E-state index contributed by atoms with van der Waals surface area (Å²) in [5.74, 6) is -0.347. The van der Waals surface area contributed by atoms with Crippen molar-refractivity contribution in [2.24, 2.45) is 0 Å². The summed E-state index contributed by atoms with van der Waals surface area (Å²) in [6, 6.07) is 14.3. The van der Waals surface area contributed by atoms with Crippen LogP contribution in [0.4, 0.5) is 16.2 Å². The van der Waals surface area contributed by atoms with Crippen LogP contribution in [-0.2, 0) is 11.3 Å². The molecule has 5 rings (SSSR count). The zero-order valence-corrected chi connectivity index (χ0v) is 22.0. The Kier molecular flexibility index (Phi) is 6.83. The van der Waals surface area contributed by atoms with Crippen molar-refractivity contribution in [2.45, 2.75) is 33.2 Å².